The molecule has 2 aliphatic rings. The van der Waals surface area contributed by atoms with Crippen molar-refractivity contribution < 1.29 is 13.5 Å². The molecule has 0 spiro atoms. The molecule has 1 aromatic carbocycles. The van der Waals surface area contributed by atoms with Gasteiger partial charge in [-0.05, 0) is 65.9 Å². The second kappa shape index (κ2) is 9.28. The van der Waals surface area contributed by atoms with Crippen molar-refractivity contribution in [2.45, 2.75) is 63.3 Å². The van der Waals surface area contributed by atoms with Crippen LogP contribution >= 0.6 is 0 Å². The number of rotatable bonds is 8. The van der Waals surface area contributed by atoms with E-state index < -0.39 is 0 Å². The van der Waals surface area contributed by atoms with Gasteiger partial charge < -0.3 is 9.15 Å². The molecule has 7 nitrogen and oxygen atoms in total. The Bertz CT molecular complexity index is 947. The van der Waals surface area contributed by atoms with E-state index in [1.54, 1.807) is 6.26 Å². The standard InChI is InChI=1S/C23H28FN5O2/c24-18-11-9-17(10-12-18)22(23-25-26-27-29(23)19-5-1-2-6-19)28(15-20-7-3-13-30-20)16-21-8-4-14-31-21/h3,7,9-13,19,21-22H,1-2,4-6,8,14-16H2/t21-,22-/m0/s1. The van der Waals surface area contributed by atoms with Crippen LogP contribution in [0.5, 0.6) is 0 Å². The number of tetrazole rings is 1. The Kier molecular flexibility index (Phi) is 6.08. The molecule has 5 rings (SSSR count). The van der Waals surface area contributed by atoms with Crippen molar-refractivity contribution in [3.05, 3.63) is 65.6 Å². The van der Waals surface area contributed by atoms with Crippen LogP contribution in [0, 0.1) is 5.82 Å². The molecule has 2 fully saturated rings. The average molecular weight is 426 g/mol. The number of nitrogens with zero attached hydrogens (tertiary/aromatic N) is 5. The van der Waals surface area contributed by atoms with Crippen LogP contribution in [0.15, 0.2) is 47.1 Å². The van der Waals surface area contributed by atoms with Crippen LogP contribution in [-0.2, 0) is 11.3 Å². The lowest BCUT2D eigenvalue weighted by atomic mass is 10.0. The molecule has 0 bridgehead atoms. The summed E-state index contributed by atoms with van der Waals surface area (Å²) < 4.78 is 27.4. The molecule has 1 saturated carbocycles. The molecule has 0 amide bonds. The van der Waals surface area contributed by atoms with E-state index in [9.17, 15) is 4.39 Å². The Balaban J connectivity index is 1.55. The molecule has 1 saturated heterocycles. The largest absolute Gasteiger partial charge is 0.468 e. The minimum absolute atomic E-state index is 0.147. The summed E-state index contributed by atoms with van der Waals surface area (Å²) in [7, 11) is 0. The predicted molar refractivity (Wildman–Crippen MR) is 112 cm³/mol. The SMILES string of the molecule is Fc1ccc([C@@H](c2nnnn2C2CCCC2)N(Cc2ccco2)C[C@@H]2CCCO2)cc1. The predicted octanol–water partition coefficient (Wildman–Crippen LogP) is 4.29. The second-order valence-electron chi connectivity index (χ2n) is 8.52. The molecule has 164 valence electrons. The second-order valence-corrected chi connectivity index (χ2v) is 8.52. The molecule has 31 heavy (non-hydrogen) atoms. The highest BCUT2D eigenvalue weighted by Gasteiger charge is 2.33. The molecular formula is C23H28FN5O2. The average Bonchev–Trinajstić information content (AvgIpc) is 3.57. The Morgan fingerprint density at radius 1 is 1.10 bits per heavy atom. The van der Waals surface area contributed by atoms with Crippen molar-refractivity contribution in [1.29, 1.82) is 0 Å². The highest BCUT2D eigenvalue weighted by Crippen LogP contribution is 2.35. The van der Waals surface area contributed by atoms with Crippen LogP contribution in [0.25, 0.3) is 0 Å². The van der Waals surface area contributed by atoms with E-state index in [-0.39, 0.29) is 18.0 Å². The quantitative estimate of drug-likeness (QED) is 0.536. The number of hydrogen-bond donors (Lipinski definition) is 0. The summed E-state index contributed by atoms with van der Waals surface area (Å²) in [6.07, 6.45) is 8.48. The number of ether oxygens (including phenoxy) is 1. The van der Waals surface area contributed by atoms with Gasteiger partial charge in [0.15, 0.2) is 5.82 Å². The molecule has 3 aromatic rings. The molecule has 2 aromatic heterocycles. The van der Waals surface area contributed by atoms with Gasteiger partial charge in [0.1, 0.15) is 11.6 Å². The Labute approximate surface area is 181 Å². The highest BCUT2D eigenvalue weighted by molar-refractivity contribution is 5.26. The van der Waals surface area contributed by atoms with E-state index in [1.807, 2.05) is 28.9 Å². The summed E-state index contributed by atoms with van der Waals surface area (Å²) in [6, 6.07) is 10.6. The summed E-state index contributed by atoms with van der Waals surface area (Å²) in [5, 5.41) is 12.9. The van der Waals surface area contributed by atoms with Gasteiger partial charge in [0.2, 0.25) is 0 Å². The third kappa shape index (κ3) is 4.55. The Morgan fingerprint density at radius 3 is 2.65 bits per heavy atom. The van der Waals surface area contributed by atoms with Gasteiger partial charge in [0, 0.05) is 13.2 Å². The third-order valence-electron chi connectivity index (χ3n) is 6.39. The number of benzene rings is 1. The summed E-state index contributed by atoms with van der Waals surface area (Å²) in [6.45, 7) is 2.10. The minimum Gasteiger partial charge on any atom is -0.468 e. The van der Waals surface area contributed by atoms with Gasteiger partial charge in [-0.15, -0.1) is 5.10 Å². The normalized spacial score (nSPS) is 20.6. The number of furan rings is 1. The van der Waals surface area contributed by atoms with Crippen molar-refractivity contribution in [3.8, 4) is 0 Å². The van der Waals surface area contributed by atoms with Crippen molar-refractivity contribution in [3.63, 3.8) is 0 Å². The Morgan fingerprint density at radius 2 is 1.94 bits per heavy atom. The monoisotopic (exact) mass is 425 g/mol. The van der Waals surface area contributed by atoms with Crippen molar-refractivity contribution in [2.75, 3.05) is 13.2 Å². The van der Waals surface area contributed by atoms with Gasteiger partial charge in [-0.25, -0.2) is 9.07 Å². The van der Waals surface area contributed by atoms with E-state index in [0.29, 0.717) is 12.6 Å². The maximum Gasteiger partial charge on any atom is 0.173 e. The first-order chi connectivity index (χ1) is 15.3. The number of halogens is 1. The zero-order chi connectivity index (χ0) is 21.0. The fourth-order valence-corrected chi connectivity index (χ4v) is 4.87. The molecule has 0 unspecified atom stereocenters. The summed E-state index contributed by atoms with van der Waals surface area (Å²) in [5.74, 6) is 1.41. The third-order valence-corrected chi connectivity index (χ3v) is 6.39. The Hall–Kier alpha value is -2.58. The van der Waals surface area contributed by atoms with E-state index in [0.717, 1.165) is 56.0 Å². The lowest BCUT2D eigenvalue weighted by molar-refractivity contribution is 0.0543. The van der Waals surface area contributed by atoms with Gasteiger partial charge in [-0.2, -0.15) is 0 Å². The van der Waals surface area contributed by atoms with E-state index in [1.165, 1.54) is 25.0 Å². The zero-order valence-corrected chi connectivity index (χ0v) is 17.6. The smallest absolute Gasteiger partial charge is 0.173 e. The maximum atomic E-state index is 13.8. The van der Waals surface area contributed by atoms with Crippen molar-refractivity contribution in [1.82, 2.24) is 25.1 Å². The van der Waals surface area contributed by atoms with Crippen LogP contribution in [0.3, 0.4) is 0 Å². The van der Waals surface area contributed by atoms with E-state index in [4.69, 9.17) is 9.15 Å². The van der Waals surface area contributed by atoms with Gasteiger partial charge in [-0.3, -0.25) is 4.90 Å². The van der Waals surface area contributed by atoms with Crippen LogP contribution in [0.2, 0.25) is 0 Å². The molecule has 3 heterocycles. The molecule has 0 N–H and O–H groups in total. The van der Waals surface area contributed by atoms with Crippen molar-refractivity contribution >= 4 is 0 Å². The summed E-state index contributed by atoms with van der Waals surface area (Å²) >= 11 is 0. The van der Waals surface area contributed by atoms with E-state index >= 15 is 0 Å². The molecule has 0 radical (unpaired) electrons. The topological polar surface area (TPSA) is 69.2 Å². The molecular weight excluding hydrogens is 397 g/mol. The lowest BCUT2D eigenvalue weighted by Gasteiger charge is -2.33. The summed E-state index contributed by atoms with van der Waals surface area (Å²) in [4.78, 5) is 2.30. The van der Waals surface area contributed by atoms with Gasteiger partial charge >= 0.3 is 0 Å². The molecule has 2 atom stereocenters. The highest BCUT2D eigenvalue weighted by atomic mass is 19.1. The first-order valence-corrected chi connectivity index (χ1v) is 11.2. The minimum atomic E-state index is -0.255. The fourth-order valence-electron chi connectivity index (χ4n) is 4.87. The first-order valence-electron chi connectivity index (χ1n) is 11.2. The fraction of sp³-hybridized carbons (Fsp3) is 0.522. The molecule has 1 aliphatic carbocycles. The zero-order valence-electron chi connectivity index (χ0n) is 17.6. The van der Waals surface area contributed by atoms with Gasteiger partial charge in [0.25, 0.3) is 0 Å². The van der Waals surface area contributed by atoms with Crippen LogP contribution in [0.1, 0.15) is 67.8 Å². The van der Waals surface area contributed by atoms with Crippen LogP contribution in [0.4, 0.5) is 4.39 Å². The van der Waals surface area contributed by atoms with Crippen LogP contribution in [-0.4, -0.2) is 44.4 Å². The van der Waals surface area contributed by atoms with Crippen LogP contribution < -0.4 is 0 Å². The summed E-state index contributed by atoms with van der Waals surface area (Å²) in [5.41, 5.74) is 0.958. The maximum absolute atomic E-state index is 13.8. The molecule has 1 aliphatic heterocycles. The number of hydrogen-bond acceptors (Lipinski definition) is 6. The molecule has 8 heteroatoms. The van der Waals surface area contributed by atoms with Gasteiger partial charge in [-0.1, -0.05) is 25.0 Å². The lowest BCUT2D eigenvalue weighted by Crippen LogP contribution is -2.37. The van der Waals surface area contributed by atoms with Crippen molar-refractivity contribution in [2.24, 2.45) is 0 Å². The number of aromatic nitrogens is 4. The van der Waals surface area contributed by atoms with E-state index in [2.05, 4.69) is 20.4 Å². The van der Waals surface area contributed by atoms with Gasteiger partial charge in [0.05, 0.1) is 31.0 Å². The first kappa shape index (κ1) is 20.3.